The van der Waals surface area contributed by atoms with Gasteiger partial charge in [-0.1, -0.05) is 0 Å². The topological polar surface area (TPSA) is 70.6 Å². The highest BCUT2D eigenvalue weighted by atomic mass is 127. The summed E-state index contributed by atoms with van der Waals surface area (Å²) in [6, 6.07) is 6.44. The van der Waals surface area contributed by atoms with E-state index in [-0.39, 0.29) is 36.3 Å². The molecule has 0 heterocycles. The second-order valence-electron chi connectivity index (χ2n) is 6.04. The molecule has 0 fully saturated rings. The van der Waals surface area contributed by atoms with E-state index < -0.39 is 14.6 Å². The van der Waals surface area contributed by atoms with Crippen molar-refractivity contribution in [2.24, 2.45) is 4.99 Å². The standard InChI is InChI=1S/C16H26FN3O2S2.HI/c1-16(2,24(4,21)22)12-20-15(18-3)19-10-5-11-23-14-8-6-13(17)7-9-14;/h6-9H,5,10-12H2,1-4H3,(H2,18,19,20);1H. The molecule has 25 heavy (non-hydrogen) atoms. The van der Waals surface area contributed by atoms with Crippen molar-refractivity contribution in [3.8, 4) is 0 Å². The van der Waals surface area contributed by atoms with Gasteiger partial charge in [0.1, 0.15) is 5.82 Å². The van der Waals surface area contributed by atoms with E-state index in [1.54, 1.807) is 44.8 Å². The van der Waals surface area contributed by atoms with Crippen LogP contribution in [0.25, 0.3) is 0 Å². The lowest BCUT2D eigenvalue weighted by atomic mass is 10.2. The first kappa shape index (κ1) is 24.5. The van der Waals surface area contributed by atoms with Gasteiger partial charge in [0.25, 0.3) is 0 Å². The highest BCUT2D eigenvalue weighted by Gasteiger charge is 2.30. The third kappa shape index (κ3) is 9.09. The second kappa shape index (κ2) is 11.2. The van der Waals surface area contributed by atoms with Crippen LogP contribution >= 0.6 is 35.7 Å². The Balaban J connectivity index is 0.00000576. The zero-order valence-corrected chi connectivity index (χ0v) is 19.0. The van der Waals surface area contributed by atoms with E-state index in [9.17, 15) is 12.8 Å². The maximum Gasteiger partial charge on any atom is 0.191 e. The van der Waals surface area contributed by atoms with E-state index in [1.807, 2.05) is 0 Å². The van der Waals surface area contributed by atoms with Crippen LogP contribution < -0.4 is 10.6 Å². The Kier molecular flexibility index (Phi) is 11.0. The van der Waals surface area contributed by atoms with E-state index >= 15 is 0 Å². The summed E-state index contributed by atoms with van der Waals surface area (Å²) in [4.78, 5) is 5.13. The Morgan fingerprint density at radius 2 is 1.84 bits per heavy atom. The summed E-state index contributed by atoms with van der Waals surface area (Å²) in [5, 5.41) is 6.20. The van der Waals surface area contributed by atoms with Crippen molar-refractivity contribution in [2.75, 3.05) is 32.1 Å². The molecule has 0 spiro atoms. The summed E-state index contributed by atoms with van der Waals surface area (Å²) in [6.45, 7) is 4.37. The van der Waals surface area contributed by atoms with Crippen LogP contribution in [0.15, 0.2) is 34.2 Å². The first-order chi connectivity index (χ1) is 11.2. The fourth-order valence-corrected chi connectivity index (χ4v) is 2.84. The average molecular weight is 503 g/mol. The number of guanidine groups is 1. The zero-order valence-electron chi connectivity index (χ0n) is 15.0. The van der Waals surface area contributed by atoms with Crippen molar-refractivity contribution in [1.29, 1.82) is 0 Å². The summed E-state index contributed by atoms with van der Waals surface area (Å²) in [5.41, 5.74) is 0. The number of rotatable bonds is 8. The molecular weight excluding hydrogens is 476 g/mol. The molecule has 0 saturated heterocycles. The smallest absolute Gasteiger partial charge is 0.191 e. The SMILES string of the molecule is CN=C(NCCCSc1ccc(F)cc1)NCC(C)(C)S(C)(=O)=O.I. The molecule has 0 aliphatic carbocycles. The van der Waals surface area contributed by atoms with Crippen molar-refractivity contribution in [3.05, 3.63) is 30.1 Å². The van der Waals surface area contributed by atoms with Gasteiger partial charge >= 0.3 is 0 Å². The van der Waals surface area contributed by atoms with Gasteiger partial charge in [0, 0.05) is 31.3 Å². The average Bonchev–Trinajstić information content (AvgIpc) is 2.50. The second-order valence-corrected chi connectivity index (χ2v) is 9.86. The lowest BCUT2D eigenvalue weighted by Crippen LogP contribution is -2.47. The number of sulfone groups is 1. The van der Waals surface area contributed by atoms with Crippen LogP contribution in [0.5, 0.6) is 0 Å². The lowest BCUT2D eigenvalue weighted by molar-refractivity contribution is 0.544. The molecule has 0 saturated carbocycles. The Labute approximate surface area is 171 Å². The lowest BCUT2D eigenvalue weighted by Gasteiger charge is -2.24. The Morgan fingerprint density at radius 1 is 1.24 bits per heavy atom. The van der Waals surface area contributed by atoms with Crippen molar-refractivity contribution in [3.63, 3.8) is 0 Å². The first-order valence-electron chi connectivity index (χ1n) is 7.68. The maximum atomic E-state index is 12.8. The Hall–Kier alpha value is -0.550. The molecule has 0 radical (unpaired) electrons. The minimum atomic E-state index is -3.14. The van der Waals surface area contributed by atoms with Gasteiger partial charge < -0.3 is 10.6 Å². The summed E-state index contributed by atoms with van der Waals surface area (Å²) in [6.07, 6.45) is 2.13. The van der Waals surface area contributed by atoms with Gasteiger partial charge in [-0.25, -0.2) is 12.8 Å². The van der Waals surface area contributed by atoms with Crippen molar-refractivity contribution in [1.82, 2.24) is 10.6 Å². The van der Waals surface area contributed by atoms with Crippen LogP contribution in [0, 0.1) is 5.82 Å². The predicted octanol–water partition coefficient (Wildman–Crippen LogP) is 2.91. The summed E-state index contributed by atoms with van der Waals surface area (Å²) in [7, 11) is -1.50. The molecule has 144 valence electrons. The molecule has 2 N–H and O–H groups in total. The zero-order chi connectivity index (χ0) is 18.2. The Morgan fingerprint density at radius 3 is 2.36 bits per heavy atom. The van der Waals surface area contributed by atoms with E-state index in [1.165, 1.54) is 18.4 Å². The predicted molar refractivity (Wildman–Crippen MR) is 115 cm³/mol. The number of benzene rings is 1. The van der Waals surface area contributed by atoms with E-state index in [4.69, 9.17) is 0 Å². The fraction of sp³-hybridized carbons (Fsp3) is 0.562. The summed E-state index contributed by atoms with van der Waals surface area (Å²) in [5.74, 6) is 1.25. The van der Waals surface area contributed by atoms with Gasteiger partial charge in [0.15, 0.2) is 15.8 Å². The highest BCUT2D eigenvalue weighted by Crippen LogP contribution is 2.18. The van der Waals surface area contributed by atoms with Crippen LogP contribution in [0.3, 0.4) is 0 Å². The van der Waals surface area contributed by atoms with E-state index in [0.29, 0.717) is 12.5 Å². The normalized spacial score (nSPS) is 12.4. The Bertz CT molecular complexity index is 650. The van der Waals surface area contributed by atoms with Crippen LogP contribution in [-0.2, 0) is 9.84 Å². The van der Waals surface area contributed by atoms with Gasteiger partial charge in [-0.15, -0.1) is 35.7 Å². The van der Waals surface area contributed by atoms with Crippen LogP contribution in [0.4, 0.5) is 4.39 Å². The van der Waals surface area contributed by atoms with Gasteiger partial charge in [-0.2, -0.15) is 0 Å². The third-order valence-corrected chi connectivity index (χ3v) is 6.86. The molecular formula is C16H27FIN3O2S2. The first-order valence-corrected chi connectivity index (χ1v) is 10.6. The highest BCUT2D eigenvalue weighted by molar-refractivity contribution is 14.0. The number of nitrogens with one attached hydrogen (secondary N) is 2. The molecule has 0 atom stereocenters. The number of aliphatic imine (C=N–C) groups is 1. The molecule has 5 nitrogen and oxygen atoms in total. The number of nitrogens with zero attached hydrogens (tertiary/aromatic N) is 1. The molecule has 0 bridgehead atoms. The molecule has 1 aromatic carbocycles. The molecule has 0 amide bonds. The monoisotopic (exact) mass is 503 g/mol. The number of hydrogen-bond donors (Lipinski definition) is 2. The minimum Gasteiger partial charge on any atom is -0.356 e. The molecule has 0 aromatic heterocycles. The van der Waals surface area contributed by atoms with Crippen LogP contribution in [0.2, 0.25) is 0 Å². The van der Waals surface area contributed by atoms with Crippen molar-refractivity contribution < 1.29 is 12.8 Å². The van der Waals surface area contributed by atoms with Crippen LogP contribution in [-0.4, -0.2) is 51.3 Å². The van der Waals surface area contributed by atoms with Crippen LogP contribution in [0.1, 0.15) is 20.3 Å². The molecule has 0 aliphatic heterocycles. The minimum absolute atomic E-state index is 0. The van der Waals surface area contributed by atoms with E-state index in [2.05, 4.69) is 15.6 Å². The largest absolute Gasteiger partial charge is 0.356 e. The molecule has 9 heteroatoms. The number of thioether (sulfide) groups is 1. The molecule has 0 aliphatic rings. The number of halogens is 2. The quantitative estimate of drug-likeness (QED) is 0.188. The van der Waals surface area contributed by atoms with Gasteiger partial charge in [-0.3, -0.25) is 4.99 Å². The number of hydrogen-bond acceptors (Lipinski definition) is 4. The molecule has 1 aromatic rings. The third-order valence-electron chi connectivity index (χ3n) is 3.60. The van der Waals surface area contributed by atoms with Crippen molar-refractivity contribution >= 4 is 51.5 Å². The van der Waals surface area contributed by atoms with Gasteiger partial charge in [-0.05, 0) is 50.3 Å². The summed E-state index contributed by atoms with van der Waals surface area (Å²) >= 11 is 1.66. The van der Waals surface area contributed by atoms with Gasteiger partial charge in [0.05, 0.1) is 4.75 Å². The fourth-order valence-electron chi connectivity index (χ4n) is 1.65. The van der Waals surface area contributed by atoms with Gasteiger partial charge in [0.2, 0.25) is 0 Å². The van der Waals surface area contributed by atoms with E-state index in [0.717, 1.165) is 17.1 Å². The van der Waals surface area contributed by atoms with Crippen molar-refractivity contribution in [2.45, 2.75) is 29.9 Å². The summed E-state index contributed by atoms with van der Waals surface area (Å²) < 4.78 is 35.3. The maximum absolute atomic E-state index is 12.8. The molecule has 1 rings (SSSR count). The molecule has 0 unspecified atom stereocenters.